The van der Waals surface area contributed by atoms with Gasteiger partial charge in [0.1, 0.15) is 18.2 Å². The van der Waals surface area contributed by atoms with Crippen molar-refractivity contribution in [2.75, 3.05) is 11.4 Å². The summed E-state index contributed by atoms with van der Waals surface area (Å²) < 4.78 is 5.89. The Hall–Kier alpha value is -3.13. The van der Waals surface area contributed by atoms with Crippen molar-refractivity contribution in [1.82, 2.24) is 9.88 Å². The van der Waals surface area contributed by atoms with E-state index in [0.717, 1.165) is 0 Å². The molecule has 4 rings (SSSR count). The lowest BCUT2D eigenvalue weighted by Crippen LogP contribution is -2.44. The molecule has 0 atom stereocenters. The fourth-order valence-electron chi connectivity index (χ4n) is 3.97. The van der Waals surface area contributed by atoms with Gasteiger partial charge in [0, 0.05) is 22.9 Å². The van der Waals surface area contributed by atoms with Gasteiger partial charge < -0.3 is 10.5 Å². The smallest absolute Gasteiger partial charge is 0.331 e. The summed E-state index contributed by atoms with van der Waals surface area (Å²) in [5.41, 5.74) is 6.22. The fraction of sp³-hybridized carbons (Fsp3) is 0.333. The third-order valence-electron chi connectivity index (χ3n) is 5.44. The Morgan fingerprint density at radius 3 is 2.60 bits per heavy atom. The molecule has 1 saturated carbocycles. The monoisotopic (exact) mass is 428 g/mol. The van der Waals surface area contributed by atoms with E-state index in [0.29, 0.717) is 36.4 Å². The summed E-state index contributed by atoms with van der Waals surface area (Å²) in [6, 6.07) is 9.58. The van der Waals surface area contributed by atoms with Crippen LogP contribution in [0.15, 0.2) is 42.6 Å². The Labute approximate surface area is 178 Å². The van der Waals surface area contributed by atoms with Crippen molar-refractivity contribution >= 4 is 35.1 Å². The minimum absolute atomic E-state index is 0.00547. The highest BCUT2D eigenvalue weighted by atomic mass is 35.5. The molecule has 1 aromatic carbocycles. The van der Waals surface area contributed by atoms with Crippen molar-refractivity contribution < 1.29 is 19.1 Å². The molecule has 1 aliphatic carbocycles. The molecule has 0 unspecified atom stereocenters. The van der Waals surface area contributed by atoms with Gasteiger partial charge in [-0.1, -0.05) is 17.7 Å². The summed E-state index contributed by atoms with van der Waals surface area (Å²) in [7, 11) is 0. The third-order valence-corrected chi connectivity index (χ3v) is 5.68. The third kappa shape index (κ3) is 3.95. The van der Waals surface area contributed by atoms with Gasteiger partial charge in [-0.3, -0.25) is 19.4 Å². The van der Waals surface area contributed by atoms with Crippen LogP contribution in [-0.2, 0) is 4.79 Å². The number of hydrogen-bond donors (Lipinski definition) is 1. The molecule has 156 valence electrons. The highest BCUT2D eigenvalue weighted by molar-refractivity contribution is 6.31. The van der Waals surface area contributed by atoms with Crippen LogP contribution in [0.5, 0.6) is 5.88 Å². The Morgan fingerprint density at radius 2 is 1.90 bits per heavy atom. The number of nitrogens with two attached hydrogens (primary N) is 1. The van der Waals surface area contributed by atoms with Crippen molar-refractivity contribution in [3.63, 3.8) is 0 Å². The van der Waals surface area contributed by atoms with Crippen LogP contribution in [-0.4, -0.2) is 46.4 Å². The van der Waals surface area contributed by atoms with Gasteiger partial charge in [0.2, 0.25) is 5.88 Å². The van der Waals surface area contributed by atoms with Gasteiger partial charge >= 0.3 is 6.03 Å². The predicted molar refractivity (Wildman–Crippen MR) is 110 cm³/mol. The van der Waals surface area contributed by atoms with E-state index in [9.17, 15) is 14.4 Å². The van der Waals surface area contributed by atoms with Gasteiger partial charge in [0.15, 0.2) is 0 Å². The Morgan fingerprint density at radius 1 is 1.13 bits per heavy atom. The molecule has 0 radical (unpaired) electrons. The first-order chi connectivity index (χ1) is 14.4. The molecule has 9 heteroatoms. The number of amides is 4. The molecule has 0 spiro atoms. The standard InChI is InChI=1S/C21H21ClN4O4/c22-13-3-1-4-15(11-13)25-12-18(27)26(21(25)29)14-6-8-16(9-7-14)30-20-17(19(23)28)5-2-10-24-20/h1-5,10-11,14,16H,6-9,12H2,(H2,23,28)/t14-,16-. The molecular formula is C21H21ClN4O4. The van der Waals surface area contributed by atoms with Crippen LogP contribution in [0, 0.1) is 0 Å². The number of nitrogens with zero attached hydrogens (tertiary/aromatic N) is 3. The lowest BCUT2D eigenvalue weighted by atomic mass is 9.92. The summed E-state index contributed by atoms with van der Waals surface area (Å²) in [5.74, 6) is -0.597. The molecule has 0 bridgehead atoms. The van der Waals surface area contributed by atoms with Crippen molar-refractivity contribution in [3.8, 4) is 5.88 Å². The lowest BCUT2D eigenvalue weighted by molar-refractivity contribution is -0.127. The van der Waals surface area contributed by atoms with Crippen LogP contribution in [0.4, 0.5) is 10.5 Å². The van der Waals surface area contributed by atoms with Gasteiger partial charge in [-0.25, -0.2) is 9.78 Å². The van der Waals surface area contributed by atoms with E-state index < -0.39 is 5.91 Å². The highest BCUT2D eigenvalue weighted by Crippen LogP contribution is 2.31. The van der Waals surface area contributed by atoms with E-state index >= 15 is 0 Å². The maximum absolute atomic E-state index is 12.9. The van der Waals surface area contributed by atoms with Crippen molar-refractivity contribution in [2.24, 2.45) is 5.73 Å². The van der Waals surface area contributed by atoms with Crippen LogP contribution in [0.3, 0.4) is 0 Å². The number of anilines is 1. The number of ether oxygens (including phenoxy) is 1. The summed E-state index contributed by atoms with van der Waals surface area (Å²) in [5, 5.41) is 0.508. The van der Waals surface area contributed by atoms with Gasteiger partial charge in [-0.15, -0.1) is 0 Å². The van der Waals surface area contributed by atoms with Crippen molar-refractivity contribution in [2.45, 2.75) is 37.8 Å². The van der Waals surface area contributed by atoms with E-state index in [1.165, 1.54) is 9.80 Å². The average molecular weight is 429 g/mol. The molecule has 2 aliphatic rings. The maximum atomic E-state index is 12.9. The second-order valence-corrected chi connectivity index (χ2v) is 7.82. The number of primary amides is 1. The van der Waals surface area contributed by atoms with Gasteiger partial charge in [0.25, 0.3) is 11.8 Å². The minimum atomic E-state index is -0.596. The second kappa shape index (κ2) is 8.31. The molecular weight excluding hydrogens is 408 g/mol. The largest absolute Gasteiger partial charge is 0.474 e. The number of benzene rings is 1. The van der Waals surface area contributed by atoms with Crippen LogP contribution < -0.4 is 15.4 Å². The fourth-order valence-corrected chi connectivity index (χ4v) is 4.16. The topological polar surface area (TPSA) is 106 Å². The number of aromatic nitrogens is 1. The molecule has 1 aromatic heterocycles. The lowest BCUT2D eigenvalue weighted by Gasteiger charge is -2.33. The summed E-state index contributed by atoms with van der Waals surface area (Å²) in [6.07, 6.45) is 3.88. The van der Waals surface area contributed by atoms with Crippen LogP contribution >= 0.6 is 11.6 Å². The number of carbonyl (C=O) groups is 3. The van der Waals surface area contributed by atoms with E-state index in [1.807, 2.05) is 0 Å². The van der Waals surface area contributed by atoms with Crippen LogP contribution in [0.2, 0.25) is 5.02 Å². The van der Waals surface area contributed by atoms with Crippen molar-refractivity contribution in [3.05, 3.63) is 53.2 Å². The average Bonchev–Trinajstić information content (AvgIpc) is 3.03. The summed E-state index contributed by atoms with van der Waals surface area (Å²) in [4.78, 5) is 43.9. The Balaban J connectivity index is 1.40. The Bertz CT molecular complexity index is 990. The van der Waals surface area contributed by atoms with Crippen molar-refractivity contribution in [1.29, 1.82) is 0 Å². The van der Waals surface area contributed by atoms with Gasteiger partial charge in [0.05, 0.1) is 0 Å². The van der Waals surface area contributed by atoms with Gasteiger partial charge in [-0.2, -0.15) is 0 Å². The summed E-state index contributed by atoms with van der Waals surface area (Å²) >= 11 is 6.02. The number of pyridine rings is 1. The van der Waals surface area contributed by atoms with E-state index in [-0.39, 0.29) is 42.1 Å². The zero-order valence-corrected chi connectivity index (χ0v) is 16.9. The number of imide groups is 1. The van der Waals surface area contributed by atoms with E-state index in [4.69, 9.17) is 22.1 Å². The first kappa shape index (κ1) is 20.2. The first-order valence-corrected chi connectivity index (χ1v) is 10.1. The molecule has 2 N–H and O–H groups in total. The molecule has 1 saturated heterocycles. The van der Waals surface area contributed by atoms with E-state index in [2.05, 4.69) is 4.98 Å². The molecule has 2 aromatic rings. The Kier molecular flexibility index (Phi) is 5.59. The quantitative estimate of drug-likeness (QED) is 0.737. The molecule has 4 amide bonds. The molecule has 1 aliphatic heterocycles. The predicted octanol–water partition coefficient (Wildman–Crippen LogP) is 2.99. The minimum Gasteiger partial charge on any atom is -0.474 e. The van der Waals surface area contributed by atoms with Gasteiger partial charge in [-0.05, 0) is 56.0 Å². The van der Waals surface area contributed by atoms with Crippen LogP contribution in [0.1, 0.15) is 36.0 Å². The normalized spacial score (nSPS) is 21.8. The number of urea groups is 1. The molecule has 2 heterocycles. The number of halogens is 1. The number of hydrogen-bond acceptors (Lipinski definition) is 5. The molecule has 30 heavy (non-hydrogen) atoms. The van der Waals surface area contributed by atoms with E-state index in [1.54, 1.807) is 42.6 Å². The molecule has 2 fully saturated rings. The van der Waals surface area contributed by atoms with Crippen LogP contribution in [0.25, 0.3) is 0 Å². The molecule has 8 nitrogen and oxygen atoms in total. The second-order valence-electron chi connectivity index (χ2n) is 7.38. The number of rotatable bonds is 5. The summed E-state index contributed by atoms with van der Waals surface area (Å²) in [6.45, 7) is 0.00547. The number of carbonyl (C=O) groups excluding carboxylic acids is 3. The zero-order valence-electron chi connectivity index (χ0n) is 16.2. The highest BCUT2D eigenvalue weighted by Gasteiger charge is 2.42. The first-order valence-electron chi connectivity index (χ1n) is 9.74. The SMILES string of the molecule is NC(=O)c1cccnc1O[C@H]1CC[C@H](N2C(=O)CN(c3cccc(Cl)c3)C2=O)CC1. The zero-order chi connectivity index (χ0) is 21.3. The maximum Gasteiger partial charge on any atom is 0.331 e.